The number of nitrogens with one attached hydrogen (secondary N) is 1. The van der Waals surface area contributed by atoms with E-state index < -0.39 is 0 Å². The Hall–Kier alpha value is -2.12. The van der Waals surface area contributed by atoms with E-state index in [0.29, 0.717) is 17.7 Å². The third-order valence-electron chi connectivity index (χ3n) is 3.72. The maximum atomic E-state index is 12.5. The van der Waals surface area contributed by atoms with E-state index >= 15 is 0 Å². The van der Waals surface area contributed by atoms with Gasteiger partial charge in [-0.05, 0) is 24.5 Å². The van der Waals surface area contributed by atoms with Crippen molar-refractivity contribution in [2.24, 2.45) is 5.92 Å². The highest BCUT2D eigenvalue weighted by atomic mass is 16.5. The van der Waals surface area contributed by atoms with E-state index in [2.05, 4.69) is 11.1 Å². The van der Waals surface area contributed by atoms with Gasteiger partial charge in [-0.3, -0.25) is 4.79 Å². The average Bonchev–Trinajstić information content (AvgIpc) is 3.03. The molecule has 1 fully saturated rings. The summed E-state index contributed by atoms with van der Waals surface area (Å²) in [6.07, 6.45) is 2.30. The number of hydrogen-bond donors (Lipinski definition) is 1. The van der Waals surface area contributed by atoms with E-state index in [1.165, 1.54) is 0 Å². The Kier molecular flexibility index (Phi) is 2.84. The molecule has 19 heavy (non-hydrogen) atoms. The zero-order valence-corrected chi connectivity index (χ0v) is 10.6. The van der Waals surface area contributed by atoms with Crippen LogP contribution in [0.1, 0.15) is 29.3 Å². The number of benzene rings is 1. The topological polar surface area (TPSA) is 65.9 Å². The van der Waals surface area contributed by atoms with Crippen LogP contribution in [0.5, 0.6) is 0 Å². The van der Waals surface area contributed by atoms with Gasteiger partial charge in [0.05, 0.1) is 11.6 Å². The molecule has 4 nitrogen and oxygen atoms in total. The third-order valence-corrected chi connectivity index (χ3v) is 3.72. The number of ether oxygens (including phenoxy) is 1. The van der Waals surface area contributed by atoms with Crippen LogP contribution in [0.3, 0.4) is 0 Å². The molecule has 0 aliphatic carbocycles. The summed E-state index contributed by atoms with van der Waals surface area (Å²) in [6.45, 7) is 2.69. The fraction of sp³-hybridized carbons (Fsp3) is 0.333. The number of nitrogens with zero attached hydrogens (tertiary/aromatic N) is 1. The first-order chi connectivity index (χ1) is 9.20. The van der Waals surface area contributed by atoms with Crippen LogP contribution in [0.2, 0.25) is 0 Å². The molecule has 1 aliphatic rings. The summed E-state index contributed by atoms with van der Waals surface area (Å²) in [6, 6.07) is 7.39. The maximum absolute atomic E-state index is 12.5. The van der Waals surface area contributed by atoms with Gasteiger partial charge < -0.3 is 9.72 Å². The molecule has 4 heteroatoms. The first-order valence-electron chi connectivity index (χ1n) is 6.38. The lowest BCUT2D eigenvalue weighted by molar-refractivity contribution is 0.0581. The molecule has 2 heterocycles. The van der Waals surface area contributed by atoms with Crippen molar-refractivity contribution in [1.29, 1.82) is 5.26 Å². The summed E-state index contributed by atoms with van der Waals surface area (Å²) in [5.74, 6) is 0.289. The van der Waals surface area contributed by atoms with Crippen molar-refractivity contribution in [1.82, 2.24) is 4.98 Å². The van der Waals surface area contributed by atoms with Crippen molar-refractivity contribution in [2.75, 3.05) is 6.61 Å². The second kappa shape index (κ2) is 4.52. The van der Waals surface area contributed by atoms with Gasteiger partial charge >= 0.3 is 0 Å². The minimum atomic E-state index is -0.338. The monoisotopic (exact) mass is 254 g/mol. The summed E-state index contributed by atoms with van der Waals surface area (Å²) in [5, 5.41) is 9.72. The summed E-state index contributed by atoms with van der Waals surface area (Å²) in [7, 11) is 0. The molecule has 96 valence electrons. The second-order valence-electron chi connectivity index (χ2n) is 5.00. The summed E-state index contributed by atoms with van der Waals surface area (Å²) in [5.41, 5.74) is 2.05. The zero-order valence-electron chi connectivity index (χ0n) is 10.6. The predicted molar refractivity (Wildman–Crippen MR) is 70.9 cm³/mol. The van der Waals surface area contributed by atoms with Gasteiger partial charge in [0.1, 0.15) is 6.10 Å². The second-order valence-corrected chi connectivity index (χ2v) is 5.00. The Balaban J connectivity index is 2.01. The molecule has 1 aromatic heterocycles. The van der Waals surface area contributed by atoms with E-state index in [1.807, 2.05) is 13.0 Å². The van der Waals surface area contributed by atoms with E-state index in [1.54, 1.807) is 18.3 Å². The number of ketones is 1. The molecule has 2 aromatic rings. The summed E-state index contributed by atoms with van der Waals surface area (Å²) >= 11 is 0. The van der Waals surface area contributed by atoms with Crippen molar-refractivity contribution >= 4 is 16.7 Å². The van der Waals surface area contributed by atoms with E-state index in [0.717, 1.165) is 17.3 Å². The van der Waals surface area contributed by atoms with Gasteiger partial charge in [0.2, 0.25) is 0 Å². The quantitative estimate of drug-likeness (QED) is 0.838. The van der Waals surface area contributed by atoms with Crippen LogP contribution in [0.25, 0.3) is 10.9 Å². The van der Waals surface area contributed by atoms with E-state index in [4.69, 9.17) is 10.00 Å². The highest BCUT2D eigenvalue weighted by Gasteiger charge is 2.32. The number of carbonyl (C=O) groups is 1. The van der Waals surface area contributed by atoms with Gasteiger partial charge in [-0.15, -0.1) is 0 Å². The number of H-pyrrole nitrogens is 1. The van der Waals surface area contributed by atoms with Crippen LogP contribution in [0.4, 0.5) is 0 Å². The number of rotatable bonds is 2. The zero-order chi connectivity index (χ0) is 13.4. The van der Waals surface area contributed by atoms with Gasteiger partial charge in [-0.1, -0.05) is 13.0 Å². The molecule has 1 aromatic carbocycles. The molecule has 0 saturated carbocycles. The molecular weight excluding hydrogens is 240 g/mol. The molecule has 1 N–H and O–H groups in total. The molecule has 0 amide bonds. The Morgan fingerprint density at radius 3 is 3.05 bits per heavy atom. The van der Waals surface area contributed by atoms with Gasteiger partial charge in [0, 0.05) is 29.3 Å². The normalized spacial score (nSPS) is 22.5. The number of fused-ring (bicyclic) bond motifs is 1. The van der Waals surface area contributed by atoms with Gasteiger partial charge in [0.15, 0.2) is 5.78 Å². The Morgan fingerprint density at radius 1 is 1.53 bits per heavy atom. The lowest BCUT2D eigenvalue weighted by Gasteiger charge is -2.12. The molecule has 3 rings (SSSR count). The molecule has 0 bridgehead atoms. The Labute approximate surface area is 111 Å². The highest BCUT2D eigenvalue weighted by Crippen LogP contribution is 2.27. The molecule has 1 aliphatic heterocycles. The Bertz CT molecular complexity index is 681. The van der Waals surface area contributed by atoms with Crippen LogP contribution in [-0.2, 0) is 4.74 Å². The maximum Gasteiger partial charge on any atom is 0.193 e. The average molecular weight is 254 g/mol. The van der Waals surface area contributed by atoms with Crippen LogP contribution >= 0.6 is 0 Å². The molecular formula is C15H14N2O2. The van der Waals surface area contributed by atoms with Crippen molar-refractivity contribution in [3.05, 3.63) is 35.5 Å². The number of aromatic amines is 1. The van der Waals surface area contributed by atoms with Crippen molar-refractivity contribution in [3.63, 3.8) is 0 Å². The Morgan fingerprint density at radius 2 is 2.37 bits per heavy atom. The van der Waals surface area contributed by atoms with Gasteiger partial charge in [-0.2, -0.15) is 5.26 Å². The number of hydrogen-bond acceptors (Lipinski definition) is 3. The lowest BCUT2D eigenvalue weighted by atomic mass is 9.96. The van der Waals surface area contributed by atoms with Crippen LogP contribution < -0.4 is 0 Å². The van der Waals surface area contributed by atoms with Crippen molar-refractivity contribution in [2.45, 2.75) is 19.4 Å². The summed E-state index contributed by atoms with van der Waals surface area (Å²) in [4.78, 5) is 15.5. The van der Waals surface area contributed by atoms with E-state index in [-0.39, 0.29) is 17.8 Å². The molecule has 0 spiro atoms. The number of nitriles is 1. The van der Waals surface area contributed by atoms with Crippen LogP contribution in [0, 0.1) is 17.2 Å². The minimum absolute atomic E-state index is 0.0287. The first-order valence-corrected chi connectivity index (χ1v) is 6.38. The van der Waals surface area contributed by atoms with E-state index in [9.17, 15) is 4.79 Å². The van der Waals surface area contributed by atoms with Crippen molar-refractivity contribution in [3.8, 4) is 6.07 Å². The molecule has 1 saturated heterocycles. The predicted octanol–water partition coefficient (Wildman–Crippen LogP) is 2.65. The highest BCUT2D eigenvalue weighted by molar-refractivity contribution is 6.10. The smallest absolute Gasteiger partial charge is 0.193 e. The standard InChI is InChI=1S/C15H14N2O2/c1-9-4-5-19-15(9)14(18)12-8-17-13-6-10(7-16)2-3-11(12)13/h2-3,6,8-9,15,17H,4-5H2,1H3. The van der Waals surface area contributed by atoms with Crippen molar-refractivity contribution < 1.29 is 9.53 Å². The van der Waals surface area contributed by atoms with Crippen LogP contribution in [-0.4, -0.2) is 23.5 Å². The van der Waals surface area contributed by atoms with Gasteiger partial charge in [0.25, 0.3) is 0 Å². The third kappa shape index (κ3) is 1.92. The first kappa shape index (κ1) is 11.9. The largest absolute Gasteiger partial charge is 0.370 e. The van der Waals surface area contributed by atoms with Crippen LogP contribution in [0.15, 0.2) is 24.4 Å². The fourth-order valence-corrected chi connectivity index (χ4v) is 2.58. The molecule has 0 radical (unpaired) electrons. The molecule has 2 unspecified atom stereocenters. The summed E-state index contributed by atoms with van der Waals surface area (Å²) < 4.78 is 5.53. The van der Waals surface area contributed by atoms with Gasteiger partial charge in [-0.25, -0.2) is 0 Å². The minimum Gasteiger partial charge on any atom is -0.370 e. The number of aromatic nitrogens is 1. The lowest BCUT2D eigenvalue weighted by Crippen LogP contribution is -2.24. The molecule has 2 atom stereocenters. The SMILES string of the molecule is CC1CCOC1C(=O)c1c[nH]c2cc(C#N)ccc12. The fourth-order valence-electron chi connectivity index (χ4n) is 2.58. The number of carbonyl (C=O) groups excluding carboxylic acids is 1. The number of Topliss-reactive ketones (excluding diaryl/α,β-unsaturated/α-hetero) is 1.